The van der Waals surface area contributed by atoms with Gasteiger partial charge < -0.3 is 4.42 Å². The van der Waals surface area contributed by atoms with Gasteiger partial charge in [-0.3, -0.25) is 4.79 Å². The SMILES string of the molecule is CCCc1cc(-c2ccc(F)cc2)oc(=O)c1C(C)=O. The number of rotatable bonds is 4. The molecule has 0 spiro atoms. The van der Waals surface area contributed by atoms with Crippen molar-refractivity contribution in [3.63, 3.8) is 0 Å². The van der Waals surface area contributed by atoms with Gasteiger partial charge in [-0.2, -0.15) is 0 Å². The fraction of sp³-hybridized carbons (Fsp3) is 0.250. The zero-order valence-corrected chi connectivity index (χ0v) is 11.4. The minimum atomic E-state index is -0.636. The molecule has 0 radical (unpaired) electrons. The monoisotopic (exact) mass is 274 g/mol. The van der Waals surface area contributed by atoms with E-state index in [1.54, 1.807) is 6.07 Å². The first kappa shape index (κ1) is 14.2. The second-order valence-corrected chi connectivity index (χ2v) is 4.61. The van der Waals surface area contributed by atoms with Crippen molar-refractivity contribution in [2.24, 2.45) is 0 Å². The Morgan fingerprint density at radius 2 is 1.90 bits per heavy atom. The molecule has 1 aromatic carbocycles. The second kappa shape index (κ2) is 5.82. The molecule has 1 heterocycles. The van der Waals surface area contributed by atoms with E-state index in [-0.39, 0.29) is 17.2 Å². The van der Waals surface area contributed by atoms with Crippen molar-refractivity contribution in [3.05, 3.63) is 57.7 Å². The van der Waals surface area contributed by atoms with Gasteiger partial charge in [0.05, 0.1) is 0 Å². The lowest BCUT2D eigenvalue weighted by Gasteiger charge is -2.07. The van der Waals surface area contributed by atoms with Crippen molar-refractivity contribution in [2.75, 3.05) is 0 Å². The summed E-state index contributed by atoms with van der Waals surface area (Å²) in [5.74, 6) is -0.304. The van der Waals surface area contributed by atoms with E-state index in [9.17, 15) is 14.0 Å². The van der Waals surface area contributed by atoms with E-state index in [1.807, 2.05) is 6.92 Å². The topological polar surface area (TPSA) is 47.3 Å². The fourth-order valence-electron chi connectivity index (χ4n) is 2.13. The van der Waals surface area contributed by atoms with Gasteiger partial charge in [-0.05, 0) is 49.2 Å². The normalized spacial score (nSPS) is 10.6. The molecule has 0 aliphatic carbocycles. The predicted octanol–water partition coefficient (Wildman–Crippen LogP) is 3.60. The Bertz CT molecular complexity index is 684. The number of hydrogen-bond acceptors (Lipinski definition) is 3. The highest BCUT2D eigenvalue weighted by Gasteiger charge is 2.16. The van der Waals surface area contributed by atoms with Gasteiger partial charge in [0, 0.05) is 5.56 Å². The number of ketones is 1. The Morgan fingerprint density at radius 3 is 2.45 bits per heavy atom. The largest absolute Gasteiger partial charge is 0.422 e. The molecule has 0 fully saturated rings. The molecule has 104 valence electrons. The Morgan fingerprint density at radius 1 is 1.25 bits per heavy atom. The highest BCUT2D eigenvalue weighted by molar-refractivity contribution is 5.95. The van der Waals surface area contributed by atoms with Gasteiger partial charge in [-0.1, -0.05) is 13.3 Å². The minimum Gasteiger partial charge on any atom is -0.422 e. The molecule has 0 amide bonds. The number of halogens is 1. The quantitative estimate of drug-likeness (QED) is 0.800. The Balaban J connectivity index is 2.59. The zero-order valence-electron chi connectivity index (χ0n) is 11.4. The number of hydrogen-bond donors (Lipinski definition) is 0. The molecule has 3 nitrogen and oxygen atoms in total. The van der Waals surface area contributed by atoms with Crippen LogP contribution >= 0.6 is 0 Å². The molecular formula is C16H15FO3. The van der Waals surface area contributed by atoms with Gasteiger partial charge in [-0.25, -0.2) is 9.18 Å². The van der Waals surface area contributed by atoms with Crippen LogP contribution in [0.1, 0.15) is 36.2 Å². The third kappa shape index (κ3) is 2.85. The second-order valence-electron chi connectivity index (χ2n) is 4.61. The molecule has 2 rings (SSSR count). The van der Waals surface area contributed by atoms with Crippen molar-refractivity contribution in [1.82, 2.24) is 0 Å². The van der Waals surface area contributed by atoms with Crippen molar-refractivity contribution < 1.29 is 13.6 Å². The molecular weight excluding hydrogens is 259 g/mol. The number of carbonyl (C=O) groups is 1. The zero-order chi connectivity index (χ0) is 14.7. The first-order valence-electron chi connectivity index (χ1n) is 6.46. The maximum atomic E-state index is 12.9. The van der Waals surface area contributed by atoms with Crippen LogP contribution in [0.25, 0.3) is 11.3 Å². The van der Waals surface area contributed by atoms with Gasteiger partial charge in [0.15, 0.2) is 5.78 Å². The fourth-order valence-corrected chi connectivity index (χ4v) is 2.13. The lowest BCUT2D eigenvalue weighted by atomic mass is 10.0. The van der Waals surface area contributed by atoms with E-state index in [0.717, 1.165) is 6.42 Å². The third-order valence-corrected chi connectivity index (χ3v) is 3.03. The summed E-state index contributed by atoms with van der Waals surface area (Å²) in [4.78, 5) is 23.5. The molecule has 1 aromatic heterocycles. The summed E-state index contributed by atoms with van der Waals surface area (Å²) in [5.41, 5.74) is 0.756. The summed E-state index contributed by atoms with van der Waals surface area (Å²) in [6.07, 6.45) is 1.43. The van der Waals surface area contributed by atoms with Gasteiger partial charge in [0.1, 0.15) is 17.1 Å². The van der Waals surface area contributed by atoms with Crippen LogP contribution in [0.2, 0.25) is 0 Å². The van der Waals surface area contributed by atoms with Crippen molar-refractivity contribution in [2.45, 2.75) is 26.7 Å². The average molecular weight is 274 g/mol. The van der Waals surface area contributed by atoms with Crippen molar-refractivity contribution in [3.8, 4) is 11.3 Å². The van der Waals surface area contributed by atoms with Crippen molar-refractivity contribution >= 4 is 5.78 Å². The van der Waals surface area contributed by atoms with Crippen LogP contribution in [0, 0.1) is 5.82 Å². The third-order valence-electron chi connectivity index (χ3n) is 3.03. The molecule has 0 saturated carbocycles. The Hall–Kier alpha value is -2.23. The van der Waals surface area contributed by atoms with Gasteiger partial charge in [-0.15, -0.1) is 0 Å². The minimum absolute atomic E-state index is 0.109. The first-order chi connectivity index (χ1) is 9.52. The summed E-state index contributed by atoms with van der Waals surface area (Å²) in [5, 5.41) is 0. The molecule has 0 bridgehead atoms. The van der Waals surface area contributed by atoms with Crippen LogP contribution in [-0.2, 0) is 6.42 Å². The van der Waals surface area contributed by atoms with Gasteiger partial charge in [0.25, 0.3) is 0 Å². The summed E-state index contributed by atoms with van der Waals surface area (Å²) >= 11 is 0. The standard InChI is InChI=1S/C16H15FO3/c1-3-4-12-9-14(11-5-7-13(17)8-6-11)20-16(19)15(12)10(2)18/h5-9H,3-4H2,1-2H3. The lowest BCUT2D eigenvalue weighted by molar-refractivity contribution is 0.101. The molecule has 0 unspecified atom stereocenters. The van der Waals surface area contributed by atoms with Crippen molar-refractivity contribution in [1.29, 1.82) is 0 Å². The number of carbonyl (C=O) groups excluding carboxylic acids is 1. The Labute approximate surface area is 116 Å². The van der Waals surface area contributed by atoms with Crippen LogP contribution in [0.5, 0.6) is 0 Å². The molecule has 0 N–H and O–H groups in total. The van der Waals surface area contributed by atoms with Crippen LogP contribution in [0.15, 0.2) is 39.5 Å². The Kier molecular flexibility index (Phi) is 4.13. The van der Waals surface area contributed by atoms with Crippen LogP contribution in [0.4, 0.5) is 4.39 Å². The molecule has 2 aromatic rings. The van der Waals surface area contributed by atoms with Crippen LogP contribution in [0.3, 0.4) is 0 Å². The molecule has 0 aliphatic rings. The van der Waals surface area contributed by atoms with Crippen LogP contribution < -0.4 is 5.63 Å². The smallest absolute Gasteiger partial charge is 0.347 e. The molecule has 4 heteroatoms. The maximum Gasteiger partial charge on any atom is 0.347 e. The summed E-state index contributed by atoms with van der Waals surface area (Å²) in [6, 6.07) is 7.36. The highest BCUT2D eigenvalue weighted by Crippen LogP contribution is 2.22. The average Bonchev–Trinajstić information content (AvgIpc) is 2.38. The number of benzene rings is 1. The van der Waals surface area contributed by atoms with Gasteiger partial charge >= 0.3 is 5.63 Å². The van der Waals surface area contributed by atoms with Gasteiger partial charge in [0.2, 0.25) is 0 Å². The molecule has 0 aliphatic heterocycles. The van der Waals surface area contributed by atoms with E-state index in [0.29, 0.717) is 23.3 Å². The molecule has 0 atom stereocenters. The van der Waals surface area contributed by atoms with E-state index in [2.05, 4.69) is 0 Å². The van der Waals surface area contributed by atoms with E-state index in [4.69, 9.17) is 4.42 Å². The highest BCUT2D eigenvalue weighted by atomic mass is 19.1. The summed E-state index contributed by atoms with van der Waals surface area (Å²) in [7, 11) is 0. The van der Waals surface area contributed by atoms with E-state index < -0.39 is 5.63 Å². The van der Waals surface area contributed by atoms with Crippen LogP contribution in [-0.4, -0.2) is 5.78 Å². The maximum absolute atomic E-state index is 12.9. The number of aryl methyl sites for hydroxylation is 1. The predicted molar refractivity (Wildman–Crippen MR) is 74.4 cm³/mol. The molecule has 0 saturated heterocycles. The number of Topliss-reactive ketones (excluding diaryl/α,β-unsaturated/α-hetero) is 1. The lowest BCUT2D eigenvalue weighted by Crippen LogP contribution is -2.15. The molecule has 20 heavy (non-hydrogen) atoms. The van der Waals surface area contributed by atoms with E-state index >= 15 is 0 Å². The first-order valence-corrected chi connectivity index (χ1v) is 6.46. The summed E-state index contributed by atoms with van der Waals surface area (Å²) in [6.45, 7) is 3.32. The summed E-state index contributed by atoms with van der Waals surface area (Å²) < 4.78 is 18.1. The van der Waals surface area contributed by atoms with E-state index in [1.165, 1.54) is 31.2 Å².